The predicted octanol–water partition coefficient (Wildman–Crippen LogP) is 1.09. The van der Waals surface area contributed by atoms with Crippen molar-refractivity contribution in [1.82, 2.24) is 10.1 Å². The Balaban J connectivity index is 2.16. The van der Waals surface area contributed by atoms with E-state index in [4.69, 9.17) is 9.63 Å². The number of hydrogen-bond acceptors (Lipinski definition) is 5. The molecule has 1 heterocycles. The number of aromatic nitrogens is 2. The van der Waals surface area contributed by atoms with Crippen molar-refractivity contribution >= 4 is 17.7 Å². The van der Waals surface area contributed by atoms with Gasteiger partial charge in [-0.05, 0) is 6.92 Å². The number of carboxylic acid groups (broad SMARTS) is 1. The van der Waals surface area contributed by atoms with E-state index in [0.29, 0.717) is 23.2 Å². The molecule has 1 aromatic rings. The maximum Gasteiger partial charge on any atom is 0.304 e. The molecule has 0 aliphatic rings. The lowest BCUT2D eigenvalue weighted by molar-refractivity contribution is -0.136. The fourth-order valence-corrected chi connectivity index (χ4v) is 1.47. The number of aryl methyl sites for hydroxylation is 1. The second kappa shape index (κ2) is 4.86. The first kappa shape index (κ1) is 10.0. The summed E-state index contributed by atoms with van der Waals surface area (Å²) >= 11 is 1.47. The Morgan fingerprint density at radius 2 is 2.46 bits per heavy atom. The highest BCUT2D eigenvalue weighted by molar-refractivity contribution is 7.98. The van der Waals surface area contributed by atoms with Gasteiger partial charge in [0.1, 0.15) is 0 Å². The molecule has 0 aromatic carbocycles. The van der Waals surface area contributed by atoms with E-state index in [2.05, 4.69) is 10.1 Å². The van der Waals surface area contributed by atoms with Crippen LogP contribution in [0.1, 0.15) is 18.1 Å². The summed E-state index contributed by atoms with van der Waals surface area (Å²) in [6, 6.07) is 0. The van der Waals surface area contributed by atoms with Crippen molar-refractivity contribution in [2.24, 2.45) is 0 Å². The predicted molar refractivity (Wildman–Crippen MR) is 47.4 cm³/mol. The molecule has 1 aromatic heterocycles. The van der Waals surface area contributed by atoms with Crippen molar-refractivity contribution in [3.05, 3.63) is 11.7 Å². The fraction of sp³-hybridized carbons (Fsp3) is 0.571. The van der Waals surface area contributed by atoms with Gasteiger partial charge in [0.25, 0.3) is 0 Å². The zero-order valence-corrected chi connectivity index (χ0v) is 8.00. The summed E-state index contributed by atoms with van der Waals surface area (Å²) in [6.07, 6.45) is 0.164. The minimum atomic E-state index is -0.783. The molecule has 0 saturated carbocycles. The summed E-state index contributed by atoms with van der Waals surface area (Å²) in [4.78, 5) is 14.1. The topological polar surface area (TPSA) is 76.2 Å². The molecule has 0 atom stereocenters. The molecule has 72 valence electrons. The highest BCUT2D eigenvalue weighted by Gasteiger charge is 2.03. The van der Waals surface area contributed by atoms with Gasteiger partial charge in [0.05, 0.1) is 12.2 Å². The van der Waals surface area contributed by atoms with Gasteiger partial charge in [0.2, 0.25) is 5.89 Å². The van der Waals surface area contributed by atoms with Gasteiger partial charge in [-0.3, -0.25) is 4.79 Å². The summed E-state index contributed by atoms with van der Waals surface area (Å²) in [5.74, 6) is 1.51. The number of hydrogen-bond donors (Lipinski definition) is 1. The number of carbonyl (C=O) groups is 1. The normalized spacial score (nSPS) is 10.2. The van der Waals surface area contributed by atoms with E-state index in [9.17, 15) is 4.79 Å². The first-order chi connectivity index (χ1) is 6.18. The van der Waals surface area contributed by atoms with E-state index in [1.807, 2.05) is 0 Å². The zero-order chi connectivity index (χ0) is 9.68. The number of aliphatic carboxylic acids is 1. The van der Waals surface area contributed by atoms with Crippen LogP contribution >= 0.6 is 11.8 Å². The number of thioether (sulfide) groups is 1. The van der Waals surface area contributed by atoms with Crippen molar-refractivity contribution in [2.45, 2.75) is 19.1 Å². The molecule has 0 saturated heterocycles. The van der Waals surface area contributed by atoms with Gasteiger partial charge < -0.3 is 9.63 Å². The third kappa shape index (κ3) is 3.93. The second-order valence-corrected chi connectivity index (χ2v) is 3.54. The average Bonchev–Trinajstić information content (AvgIpc) is 2.45. The van der Waals surface area contributed by atoms with Crippen LogP contribution in [0, 0.1) is 6.92 Å². The van der Waals surface area contributed by atoms with Gasteiger partial charge >= 0.3 is 5.97 Å². The Morgan fingerprint density at radius 1 is 1.69 bits per heavy atom. The summed E-state index contributed by atoms with van der Waals surface area (Å²) in [5.41, 5.74) is 0. The molecular weight excluding hydrogens is 192 g/mol. The second-order valence-electron chi connectivity index (χ2n) is 2.43. The first-order valence-corrected chi connectivity index (χ1v) is 4.92. The van der Waals surface area contributed by atoms with Crippen molar-refractivity contribution < 1.29 is 14.4 Å². The largest absolute Gasteiger partial charge is 0.481 e. The maximum absolute atomic E-state index is 10.2. The van der Waals surface area contributed by atoms with Crippen LogP contribution in [0.15, 0.2) is 4.52 Å². The van der Waals surface area contributed by atoms with Crippen LogP contribution in [0.3, 0.4) is 0 Å². The number of rotatable bonds is 5. The van der Waals surface area contributed by atoms with Gasteiger partial charge in [-0.1, -0.05) is 5.16 Å². The van der Waals surface area contributed by atoms with Crippen molar-refractivity contribution in [3.8, 4) is 0 Å². The molecule has 0 radical (unpaired) electrons. The van der Waals surface area contributed by atoms with Crippen molar-refractivity contribution in [3.63, 3.8) is 0 Å². The van der Waals surface area contributed by atoms with Crippen LogP contribution < -0.4 is 0 Å². The molecule has 0 unspecified atom stereocenters. The third-order valence-electron chi connectivity index (χ3n) is 1.26. The quantitative estimate of drug-likeness (QED) is 0.720. The minimum absolute atomic E-state index is 0.164. The van der Waals surface area contributed by atoms with Crippen LogP contribution in [0.5, 0.6) is 0 Å². The maximum atomic E-state index is 10.2. The summed E-state index contributed by atoms with van der Waals surface area (Å²) < 4.78 is 4.84. The summed E-state index contributed by atoms with van der Waals surface area (Å²) in [5, 5.41) is 12.0. The van der Waals surface area contributed by atoms with E-state index in [1.165, 1.54) is 11.8 Å². The molecule has 0 fully saturated rings. The Bertz CT molecular complexity index is 287. The zero-order valence-electron chi connectivity index (χ0n) is 7.19. The highest BCUT2D eigenvalue weighted by Crippen LogP contribution is 2.10. The molecule has 13 heavy (non-hydrogen) atoms. The lowest BCUT2D eigenvalue weighted by Crippen LogP contribution is -1.96. The van der Waals surface area contributed by atoms with Crippen LogP contribution in [0.4, 0.5) is 0 Å². The summed E-state index contributed by atoms with van der Waals surface area (Å²) in [6.45, 7) is 1.74. The van der Waals surface area contributed by atoms with E-state index in [-0.39, 0.29) is 6.42 Å². The summed E-state index contributed by atoms with van der Waals surface area (Å²) in [7, 11) is 0. The lowest BCUT2D eigenvalue weighted by atomic mass is 10.5. The fourth-order valence-electron chi connectivity index (χ4n) is 0.718. The Kier molecular flexibility index (Phi) is 3.75. The van der Waals surface area contributed by atoms with Crippen LogP contribution in [-0.4, -0.2) is 27.0 Å². The molecule has 0 aliphatic carbocycles. The molecule has 0 bridgehead atoms. The molecule has 5 nitrogen and oxygen atoms in total. The molecule has 1 N–H and O–H groups in total. The van der Waals surface area contributed by atoms with Gasteiger partial charge in [-0.15, -0.1) is 0 Å². The van der Waals surface area contributed by atoms with Gasteiger partial charge in [0, 0.05) is 5.75 Å². The Morgan fingerprint density at radius 3 is 3.00 bits per heavy atom. The van der Waals surface area contributed by atoms with Gasteiger partial charge in [0.15, 0.2) is 5.82 Å². The minimum Gasteiger partial charge on any atom is -0.481 e. The third-order valence-corrected chi connectivity index (χ3v) is 2.20. The molecule has 1 rings (SSSR count). The van der Waals surface area contributed by atoms with Gasteiger partial charge in [-0.25, -0.2) is 0 Å². The molecule has 0 aliphatic heterocycles. The number of nitrogens with zero attached hydrogens (tertiary/aromatic N) is 2. The molecule has 6 heteroatoms. The highest BCUT2D eigenvalue weighted by atomic mass is 32.2. The van der Waals surface area contributed by atoms with E-state index < -0.39 is 5.97 Å². The van der Waals surface area contributed by atoms with Gasteiger partial charge in [-0.2, -0.15) is 16.7 Å². The smallest absolute Gasteiger partial charge is 0.304 e. The monoisotopic (exact) mass is 202 g/mol. The lowest BCUT2D eigenvalue weighted by Gasteiger charge is -1.93. The number of carboxylic acids is 1. The molecule has 0 amide bonds. The molecular formula is C7H10N2O3S. The average molecular weight is 202 g/mol. The SMILES string of the molecule is Cc1noc(CSCCC(=O)O)n1. The Hall–Kier alpha value is -1.04. The van der Waals surface area contributed by atoms with Crippen molar-refractivity contribution in [1.29, 1.82) is 0 Å². The van der Waals surface area contributed by atoms with Crippen LogP contribution in [0.25, 0.3) is 0 Å². The van der Waals surface area contributed by atoms with Crippen molar-refractivity contribution in [2.75, 3.05) is 5.75 Å². The first-order valence-electron chi connectivity index (χ1n) is 3.77. The Labute approximate surface area is 79.5 Å². The van der Waals surface area contributed by atoms with E-state index in [1.54, 1.807) is 6.92 Å². The van der Waals surface area contributed by atoms with E-state index in [0.717, 1.165) is 0 Å². The standard InChI is InChI=1S/C7H10N2O3S/c1-5-8-6(12-9-5)4-13-3-2-7(10)11/h2-4H2,1H3,(H,10,11). The van der Waals surface area contributed by atoms with E-state index >= 15 is 0 Å². The van der Waals surface area contributed by atoms with Crippen LogP contribution in [0.2, 0.25) is 0 Å². The molecule has 0 spiro atoms. The van der Waals surface area contributed by atoms with Crippen LogP contribution in [-0.2, 0) is 10.5 Å².